The van der Waals surface area contributed by atoms with Gasteiger partial charge in [-0.05, 0) is 6.92 Å². The highest BCUT2D eigenvalue weighted by molar-refractivity contribution is 6.02. The Morgan fingerprint density at radius 2 is 2.16 bits per heavy atom. The highest BCUT2D eigenvalue weighted by Crippen LogP contribution is 1.93. The fraction of sp³-hybridized carbons (Fsp3) is 0.300. The smallest absolute Gasteiger partial charge is 0.328 e. The average molecular weight is 267 g/mol. The molecule has 1 rings (SSSR count). The lowest BCUT2D eigenvalue weighted by Gasteiger charge is -2.05. The number of aromatic nitrogens is 3. The Morgan fingerprint density at radius 3 is 2.79 bits per heavy atom. The van der Waals surface area contributed by atoms with Gasteiger partial charge in [0.1, 0.15) is 6.33 Å². The monoisotopic (exact) mass is 267 g/mol. The third-order valence-corrected chi connectivity index (χ3v) is 2.06. The van der Waals surface area contributed by atoms with E-state index in [0.717, 1.165) is 6.08 Å². The van der Waals surface area contributed by atoms with Crippen molar-refractivity contribution in [2.75, 3.05) is 0 Å². The van der Waals surface area contributed by atoms with Crippen LogP contribution in [0.1, 0.15) is 12.7 Å². The Labute approximate surface area is 108 Å². The van der Waals surface area contributed by atoms with Gasteiger partial charge in [-0.25, -0.2) is 9.59 Å². The van der Waals surface area contributed by atoms with Crippen LogP contribution < -0.4 is 10.6 Å². The lowest BCUT2D eigenvalue weighted by atomic mass is 10.4. The summed E-state index contributed by atoms with van der Waals surface area (Å²) in [6.45, 7) is 2.66. The number of hydrogen-bond donors (Lipinski definition) is 3. The molecule has 3 N–H and O–H groups in total. The minimum absolute atomic E-state index is 0.107. The number of carbonyl (C=O) groups is 3. The average Bonchev–Trinajstić information content (AvgIpc) is 2.81. The quantitative estimate of drug-likeness (QED) is 0.603. The number of urea groups is 1. The normalized spacial score (nSPS) is 10.4. The predicted octanol–water partition coefficient (Wildman–Crippen LogP) is -0.735. The van der Waals surface area contributed by atoms with Gasteiger partial charge in [0.25, 0.3) is 5.91 Å². The van der Waals surface area contributed by atoms with Crippen LogP contribution >= 0.6 is 0 Å². The molecular weight excluding hydrogens is 254 g/mol. The molecule has 0 bridgehead atoms. The summed E-state index contributed by atoms with van der Waals surface area (Å²) < 4.78 is 1.73. The Bertz CT molecular complexity index is 508. The third kappa shape index (κ3) is 4.98. The van der Waals surface area contributed by atoms with E-state index in [1.807, 2.05) is 12.2 Å². The van der Waals surface area contributed by atoms with Crippen molar-refractivity contribution < 1.29 is 19.5 Å². The van der Waals surface area contributed by atoms with Crippen molar-refractivity contribution in [2.24, 2.45) is 0 Å². The van der Waals surface area contributed by atoms with Crippen LogP contribution in [0.5, 0.6) is 0 Å². The number of rotatable bonds is 5. The van der Waals surface area contributed by atoms with Gasteiger partial charge in [0.2, 0.25) is 0 Å². The van der Waals surface area contributed by atoms with Crippen LogP contribution in [0.3, 0.4) is 0 Å². The molecule has 0 radical (unpaired) electrons. The number of amides is 3. The molecule has 19 heavy (non-hydrogen) atoms. The molecule has 0 saturated carbocycles. The van der Waals surface area contributed by atoms with Crippen molar-refractivity contribution in [2.45, 2.75) is 20.0 Å². The van der Waals surface area contributed by atoms with Gasteiger partial charge in [-0.15, -0.1) is 10.2 Å². The van der Waals surface area contributed by atoms with E-state index in [9.17, 15) is 14.4 Å². The van der Waals surface area contributed by atoms with E-state index in [1.54, 1.807) is 4.57 Å². The summed E-state index contributed by atoms with van der Waals surface area (Å²) in [5.41, 5.74) is 0. The molecule has 0 aliphatic rings. The number of imide groups is 1. The highest BCUT2D eigenvalue weighted by Gasteiger charge is 2.07. The summed E-state index contributed by atoms with van der Waals surface area (Å²) in [6.07, 6.45) is 2.91. The van der Waals surface area contributed by atoms with Gasteiger partial charge < -0.3 is 15.0 Å². The molecule has 0 fully saturated rings. The molecule has 0 spiro atoms. The molecule has 0 atom stereocenters. The fourth-order valence-corrected chi connectivity index (χ4v) is 1.18. The summed E-state index contributed by atoms with van der Waals surface area (Å²) in [5, 5.41) is 20.1. The van der Waals surface area contributed by atoms with E-state index in [1.165, 1.54) is 6.33 Å². The second kappa shape index (κ2) is 6.89. The van der Waals surface area contributed by atoms with Crippen LogP contribution in [0.4, 0.5) is 4.79 Å². The van der Waals surface area contributed by atoms with Gasteiger partial charge in [0, 0.05) is 18.7 Å². The van der Waals surface area contributed by atoms with Crippen LogP contribution in [-0.2, 0) is 22.7 Å². The number of carbonyl (C=O) groups excluding carboxylic acids is 2. The van der Waals surface area contributed by atoms with Crippen molar-refractivity contribution in [3.63, 3.8) is 0 Å². The molecule has 0 unspecified atom stereocenters. The molecule has 3 amide bonds. The Balaban J connectivity index is 2.40. The van der Waals surface area contributed by atoms with E-state index in [4.69, 9.17) is 5.11 Å². The van der Waals surface area contributed by atoms with Crippen LogP contribution in [0.15, 0.2) is 18.5 Å². The summed E-state index contributed by atoms with van der Waals surface area (Å²) in [5.74, 6) is -1.55. The van der Waals surface area contributed by atoms with E-state index in [0.29, 0.717) is 18.4 Å². The summed E-state index contributed by atoms with van der Waals surface area (Å²) in [6, 6.07) is -0.745. The van der Waals surface area contributed by atoms with Gasteiger partial charge in [0.05, 0.1) is 6.54 Å². The molecule has 1 aromatic heterocycles. The molecule has 102 valence electrons. The molecule has 1 aromatic rings. The molecule has 0 saturated heterocycles. The Morgan fingerprint density at radius 1 is 1.42 bits per heavy atom. The first-order valence-electron chi connectivity index (χ1n) is 5.39. The van der Waals surface area contributed by atoms with Crippen LogP contribution in [0.25, 0.3) is 0 Å². The highest BCUT2D eigenvalue weighted by atomic mass is 16.4. The Kier molecular flexibility index (Phi) is 5.20. The minimum atomic E-state index is -1.27. The molecule has 9 nitrogen and oxygen atoms in total. The first-order valence-corrected chi connectivity index (χ1v) is 5.39. The topological polar surface area (TPSA) is 126 Å². The second-order valence-electron chi connectivity index (χ2n) is 3.38. The zero-order valence-corrected chi connectivity index (χ0v) is 10.2. The van der Waals surface area contributed by atoms with E-state index in [2.05, 4.69) is 15.5 Å². The van der Waals surface area contributed by atoms with Crippen LogP contribution in [-0.4, -0.2) is 37.8 Å². The van der Waals surface area contributed by atoms with Crippen molar-refractivity contribution in [3.05, 3.63) is 24.3 Å². The number of aryl methyl sites for hydroxylation is 1. The first-order chi connectivity index (χ1) is 9.02. The number of nitrogens with zero attached hydrogens (tertiary/aromatic N) is 3. The van der Waals surface area contributed by atoms with Gasteiger partial charge in [0.15, 0.2) is 5.82 Å². The van der Waals surface area contributed by atoms with E-state index < -0.39 is 17.9 Å². The summed E-state index contributed by atoms with van der Waals surface area (Å²) in [7, 11) is 0. The van der Waals surface area contributed by atoms with Gasteiger partial charge in [-0.3, -0.25) is 10.1 Å². The van der Waals surface area contributed by atoms with Crippen molar-refractivity contribution in [1.82, 2.24) is 25.4 Å². The van der Waals surface area contributed by atoms with E-state index in [-0.39, 0.29) is 6.54 Å². The molecule has 0 aliphatic heterocycles. The van der Waals surface area contributed by atoms with Crippen LogP contribution in [0.2, 0.25) is 0 Å². The minimum Gasteiger partial charge on any atom is -0.478 e. The molecule has 9 heteroatoms. The zero-order valence-electron chi connectivity index (χ0n) is 10.2. The maximum absolute atomic E-state index is 11.3. The standard InChI is InChI=1S/C10H13N5O4/c1-2-15-6-12-14-7(15)5-11-10(19)13-8(16)3-4-9(17)18/h3-4,6H,2,5H2,1H3,(H,17,18)(H2,11,13,16,19)/b4-3+. The Hall–Kier alpha value is -2.71. The number of nitrogens with one attached hydrogen (secondary N) is 2. The molecule has 0 aliphatic carbocycles. The molecular formula is C10H13N5O4. The van der Waals surface area contributed by atoms with E-state index >= 15 is 0 Å². The maximum atomic E-state index is 11.3. The summed E-state index contributed by atoms with van der Waals surface area (Å²) in [4.78, 5) is 32.6. The third-order valence-electron chi connectivity index (χ3n) is 2.06. The number of carboxylic acids is 1. The number of carboxylic acid groups (broad SMARTS) is 1. The van der Waals surface area contributed by atoms with Crippen LogP contribution in [0, 0.1) is 0 Å². The van der Waals surface area contributed by atoms with Crippen molar-refractivity contribution >= 4 is 17.9 Å². The molecule has 1 heterocycles. The van der Waals surface area contributed by atoms with Gasteiger partial charge in [-0.2, -0.15) is 0 Å². The van der Waals surface area contributed by atoms with Crippen molar-refractivity contribution in [3.8, 4) is 0 Å². The lowest BCUT2D eigenvalue weighted by molar-refractivity contribution is -0.131. The predicted molar refractivity (Wildman–Crippen MR) is 62.9 cm³/mol. The van der Waals surface area contributed by atoms with Gasteiger partial charge >= 0.3 is 12.0 Å². The first kappa shape index (κ1) is 14.4. The maximum Gasteiger partial charge on any atom is 0.328 e. The largest absolute Gasteiger partial charge is 0.478 e. The molecule has 0 aromatic carbocycles. The zero-order chi connectivity index (χ0) is 14.3. The van der Waals surface area contributed by atoms with Crippen molar-refractivity contribution in [1.29, 1.82) is 0 Å². The second-order valence-corrected chi connectivity index (χ2v) is 3.38. The SMILES string of the molecule is CCn1cnnc1CNC(=O)NC(=O)/C=C/C(=O)O. The van der Waals surface area contributed by atoms with Gasteiger partial charge in [-0.1, -0.05) is 0 Å². The fourth-order valence-electron chi connectivity index (χ4n) is 1.18. The lowest BCUT2D eigenvalue weighted by Crippen LogP contribution is -2.38. The summed E-state index contributed by atoms with van der Waals surface area (Å²) >= 11 is 0. The number of aliphatic carboxylic acids is 1. The number of hydrogen-bond acceptors (Lipinski definition) is 5.